The summed E-state index contributed by atoms with van der Waals surface area (Å²) in [7, 11) is 0. The number of halogens is 1. The second-order valence-corrected chi connectivity index (χ2v) is 8.40. The Morgan fingerprint density at radius 2 is 2.18 bits per heavy atom. The number of ether oxygens (including phenoxy) is 1. The van der Waals surface area contributed by atoms with Crippen molar-refractivity contribution in [2.75, 3.05) is 24.1 Å². The van der Waals surface area contributed by atoms with Crippen molar-refractivity contribution in [2.45, 2.75) is 45.1 Å². The van der Waals surface area contributed by atoms with E-state index in [4.69, 9.17) is 21.3 Å². The van der Waals surface area contributed by atoms with E-state index in [1.165, 1.54) is 0 Å². The fourth-order valence-electron chi connectivity index (χ4n) is 4.18. The van der Waals surface area contributed by atoms with E-state index >= 15 is 0 Å². The summed E-state index contributed by atoms with van der Waals surface area (Å²) in [6.45, 7) is 3.42. The SMILES string of the molecule is Cc1cc(N2CCCCC2CC(=O)NCCc2cccc(OCCl)c2)nc(-n2ccnc2)n1. The van der Waals surface area contributed by atoms with Gasteiger partial charge in [0.2, 0.25) is 11.9 Å². The lowest BCUT2D eigenvalue weighted by molar-refractivity contribution is -0.121. The number of alkyl halides is 1. The van der Waals surface area contributed by atoms with Crippen LogP contribution in [0.5, 0.6) is 5.75 Å². The van der Waals surface area contributed by atoms with Crippen LogP contribution in [0.2, 0.25) is 0 Å². The highest BCUT2D eigenvalue weighted by Gasteiger charge is 2.26. The molecule has 0 bridgehead atoms. The Kier molecular flexibility index (Phi) is 7.78. The maximum Gasteiger partial charge on any atom is 0.237 e. The van der Waals surface area contributed by atoms with Crippen molar-refractivity contribution in [3.63, 3.8) is 0 Å². The maximum absolute atomic E-state index is 12.7. The molecule has 1 saturated heterocycles. The highest BCUT2D eigenvalue weighted by Crippen LogP contribution is 2.26. The highest BCUT2D eigenvalue weighted by atomic mass is 35.5. The molecule has 0 radical (unpaired) electrons. The number of aryl methyl sites for hydroxylation is 1. The van der Waals surface area contributed by atoms with Gasteiger partial charge in [0.1, 0.15) is 17.9 Å². The third-order valence-corrected chi connectivity index (χ3v) is 5.87. The summed E-state index contributed by atoms with van der Waals surface area (Å²) in [5, 5.41) is 3.07. The molecule has 1 unspecified atom stereocenters. The number of hydrogen-bond donors (Lipinski definition) is 1. The summed E-state index contributed by atoms with van der Waals surface area (Å²) in [6, 6.07) is 10.00. The van der Waals surface area contributed by atoms with Crippen LogP contribution in [-0.4, -0.2) is 50.6 Å². The Morgan fingerprint density at radius 3 is 3.00 bits per heavy atom. The van der Waals surface area contributed by atoms with Crippen molar-refractivity contribution in [1.82, 2.24) is 24.8 Å². The van der Waals surface area contributed by atoms with Crippen molar-refractivity contribution >= 4 is 23.3 Å². The van der Waals surface area contributed by atoms with Gasteiger partial charge in [-0.2, -0.15) is 4.98 Å². The van der Waals surface area contributed by atoms with Crippen LogP contribution in [-0.2, 0) is 11.2 Å². The molecular weight excluding hydrogens is 440 g/mol. The third kappa shape index (κ3) is 6.22. The molecule has 9 heteroatoms. The summed E-state index contributed by atoms with van der Waals surface area (Å²) in [5.41, 5.74) is 1.98. The van der Waals surface area contributed by atoms with Gasteiger partial charge in [-0.15, -0.1) is 0 Å². The second kappa shape index (κ2) is 11.1. The molecule has 0 saturated carbocycles. The van der Waals surface area contributed by atoms with Crippen molar-refractivity contribution in [3.8, 4) is 11.7 Å². The Balaban J connectivity index is 1.37. The van der Waals surface area contributed by atoms with Gasteiger partial charge in [0.05, 0.1) is 0 Å². The number of rotatable bonds is 9. The fraction of sp³-hybridized carbons (Fsp3) is 0.417. The Hall–Kier alpha value is -3.13. The average Bonchev–Trinajstić information content (AvgIpc) is 3.35. The highest BCUT2D eigenvalue weighted by molar-refractivity contribution is 6.17. The Labute approximate surface area is 199 Å². The number of piperidine rings is 1. The van der Waals surface area contributed by atoms with Crippen LogP contribution in [0.1, 0.15) is 36.9 Å². The number of amides is 1. The summed E-state index contributed by atoms with van der Waals surface area (Å²) in [5.74, 6) is 2.25. The van der Waals surface area contributed by atoms with E-state index in [2.05, 4.69) is 20.2 Å². The van der Waals surface area contributed by atoms with E-state index in [-0.39, 0.29) is 18.0 Å². The van der Waals surface area contributed by atoms with Crippen LogP contribution in [0.3, 0.4) is 0 Å². The van der Waals surface area contributed by atoms with Crippen LogP contribution in [0.4, 0.5) is 5.82 Å². The maximum atomic E-state index is 12.7. The number of hydrogen-bond acceptors (Lipinski definition) is 6. The normalized spacial score (nSPS) is 15.9. The van der Waals surface area contributed by atoms with Crippen molar-refractivity contribution in [2.24, 2.45) is 0 Å². The first-order chi connectivity index (χ1) is 16.1. The van der Waals surface area contributed by atoms with Gasteiger partial charge in [-0.1, -0.05) is 23.7 Å². The first kappa shape index (κ1) is 23.0. The van der Waals surface area contributed by atoms with Gasteiger partial charge in [-0.3, -0.25) is 9.36 Å². The molecule has 1 aliphatic heterocycles. The largest absolute Gasteiger partial charge is 0.478 e. The Morgan fingerprint density at radius 1 is 1.27 bits per heavy atom. The molecule has 3 aromatic rings. The molecule has 8 nitrogen and oxygen atoms in total. The van der Waals surface area contributed by atoms with Gasteiger partial charge in [0.25, 0.3) is 0 Å². The quantitative estimate of drug-likeness (QED) is 0.482. The van der Waals surface area contributed by atoms with E-state index in [1.54, 1.807) is 17.1 Å². The minimum Gasteiger partial charge on any atom is -0.478 e. The third-order valence-electron chi connectivity index (χ3n) is 5.76. The average molecular weight is 469 g/mol. The van der Waals surface area contributed by atoms with Crippen LogP contribution < -0.4 is 15.0 Å². The van der Waals surface area contributed by atoms with Crippen molar-refractivity contribution < 1.29 is 9.53 Å². The topological polar surface area (TPSA) is 85.2 Å². The van der Waals surface area contributed by atoms with Crippen molar-refractivity contribution in [1.29, 1.82) is 0 Å². The first-order valence-corrected chi connectivity index (χ1v) is 11.8. The molecule has 1 amide bonds. The molecule has 174 valence electrons. The molecule has 33 heavy (non-hydrogen) atoms. The molecule has 1 atom stereocenters. The Bertz CT molecular complexity index is 1060. The summed E-state index contributed by atoms with van der Waals surface area (Å²) < 4.78 is 7.13. The zero-order valence-electron chi connectivity index (χ0n) is 18.8. The van der Waals surface area contributed by atoms with E-state index in [0.717, 1.165) is 55.1 Å². The zero-order chi connectivity index (χ0) is 23.0. The minimum absolute atomic E-state index is 0.0562. The number of carbonyl (C=O) groups excluding carboxylic acids is 1. The van der Waals surface area contributed by atoms with Gasteiger partial charge in [0.15, 0.2) is 6.07 Å². The molecule has 1 aromatic carbocycles. The molecular formula is C24H29ClN6O2. The number of imidazole rings is 1. The van der Waals surface area contributed by atoms with Gasteiger partial charge >= 0.3 is 0 Å². The van der Waals surface area contributed by atoms with E-state index in [1.807, 2.05) is 43.5 Å². The van der Waals surface area contributed by atoms with Crippen molar-refractivity contribution in [3.05, 3.63) is 60.3 Å². The monoisotopic (exact) mass is 468 g/mol. The number of aromatic nitrogens is 4. The van der Waals surface area contributed by atoms with E-state index in [9.17, 15) is 4.79 Å². The summed E-state index contributed by atoms with van der Waals surface area (Å²) in [4.78, 5) is 28.4. The standard InChI is InChI=1S/C24H29ClN6O2/c1-18-13-22(29-24(28-18)30-12-10-26-17-30)31-11-3-2-6-20(31)15-23(32)27-9-8-19-5-4-7-21(14-19)33-16-25/h4-5,7,10,12-14,17,20H,2-3,6,8-9,11,15-16H2,1H3,(H,27,32). The molecule has 4 rings (SSSR count). The van der Waals surface area contributed by atoms with Gasteiger partial charge in [0, 0.05) is 49.7 Å². The molecule has 3 heterocycles. The molecule has 0 spiro atoms. The second-order valence-electron chi connectivity index (χ2n) is 8.19. The van der Waals surface area contributed by atoms with Crippen LogP contribution in [0.25, 0.3) is 5.95 Å². The molecule has 0 aliphatic carbocycles. The molecule has 2 aromatic heterocycles. The van der Waals surface area contributed by atoms with Crippen LogP contribution >= 0.6 is 11.6 Å². The minimum atomic E-state index is 0.0562. The van der Waals surface area contributed by atoms with Crippen LogP contribution in [0.15, 0.2) is 49.1 Å². The van der Waals surface area contributed by atoms with Gasteiger partial charge < -0.3 is 15.0 Å². The number of anilines is 1. The number of nitrogens with zero attached hydrogens (tertiary/aromatic N) is 5. The lowest BCUT2D eigenvalue weighted by atomic mass is 9.99. The zero-order valence-corrected chi connectivity index (χ0v) is 19.5. The molecule has 1 fully saturated rings. The van der Waals surface area contributed by atoms with Gasteiger partial charge in [-0.25, -0.2) is 9.97 Å². The summed E-state index contributed by atoms with van der Waals surface area (Å²) in [6.07, 6.45) is 9.57. The van der Waals surface area contributed by atoms with E-state index in [0.29, 0.717) is 18.9 Å². The number of nitrogens with one attached hydrogen (secondary N) is 1. The predicted octanol–water partition coefficient (Wildman–Crippen LogP) is 3.65. The smallest absolute Gasteiger partial charge is 0.237 e. The number of carbonyl (C=O) groups is 1. The number of benzene rings is 1. The predicted molar refractivity (Wildman–Crippen MR) is 128 cm³/mol. The summed E-state index contributed by atoms with van der Waals surface area (Å²) >= 11 is 5.63. The molecule has 1 N–H and O–H groups in total. The lowest BCUT2D eigenvalue weighted by Gasteiger charge is -2.36. The van der Waals surface area contributed by atoms with Crippen LogP contribution in [0, 0.1) is 6.92 Å². The lowest BCUT2D eigenvalue weighted by Crippen LogP contribution is -2.43. The fourth-order valence-corrected chi connectivity index (χ4v) is 4.30. The molecule has 1 aliphatic rings. The van der Waals surface area contributed by atoms with Gasteiger partial charge in [-0.05, 0) is 50.3 Å². The van der Waals surface area contributed by atoms with E-state index < -0.39 is 0 Å². The first-order valence-electron chi connectivity index (χ1n) is 11.3.